The van der Waals surface area contributed by atoms with Crippen molar-refractivity contribution in [2.24, 2.45) is 0 Å². The van der Waals surface area contributed by atoms with E-state index in [9.17, 15) is 19.1 Å². The summed E-state index contributed by atoms with van der Waals surface area (Å²) in [5.74, 6) is -1.12. The Morgan fingerprint density at radius 1 is 1.03 bits per heavy atom. The second-order valence-electron chi connectivity index (χ2n) is 8.97. The molecule has 0 bridgehead atoms. The number of aromatic hydroxyl groups is 1. The fourth-order valence-electron chi connectivity index (χ4n) is 4.57. The highest BCUT2D eigenvalue weighted by atomic mass is 19.1. The van der Waals surface area contributed by atoms with Gasteiger partial charge in [-0.1, -0.05) is 67.0 Å². The number of aromatic amines is 1. The van der Waals surface area contributed by atoms with Crippen LogP contribution < -0.4 is 11.3 Å². The number of benzene rings is 3. The van der Waals surface area contributed by atoms with Gasteiger partial charge >= 0.3 is 5.76 Å². The van der Waals surface area contributed by atoms with Crippen LogP contribution >= 0.6 is 0 Å². The molecule has 38 heavy (non-hydrogen) atoms. The molecule has 0 aliphatic heterocycles. The average molecular weight is 513 g/mol. The highest BCUT2D eigenvalue weighted by Crippen LogP contribution is 2.30. The monoisotopic (exact) mass is 512 g/mol. The summed E-state index contributed by atoms with van der Waals surface area (Å²) in [5, 5.41) is 13.4. The third kappa shape index (κ3) is 4.78. The number of rotatable bonds is 7. The molecule has 9 heteroatoms. The minimum Gasteiger partial charge on any atom is -0.505 e. The van der Waals surface area contributed by atoms with E-state index in [4.69, 9.17) is 4.98 Å². The average Bonchev–Trinajstić information content (AvgIpc) is 3.35. The van der Waals surface area contributed by atoms with Gasteiger partial charge in [0.2, 0.25) is 0 Å². The fraction of sp³-hybridized carbons (Fsp3) is 0.172. The van der Waals surface area contributed by atoms with Crippen molar-refractivity contribution in [3.63, 3.8) is 0 Å². The topological polar surface area (TPSA) is 114 Å². The number of halogens is 1. The molecule has 192 valence electrons. The summed E-state index contributed by atoms with van der Waals surface area (Å²) in [4.78, 5) is 32.4. The summed E-state index contributed by atoms with van der Waals surface area (Å²) in [6.45, 7) is 3.74. The molecule has 0 aliphatic carbocycles. The molecule has 8 nitrogen and oxygen atoms in total. The summed E-state index contributed by atoms with van der Waals surface area (Å²) < 4.78 is 20.1. The van der Waals surface area contributed by atoms with Crippen LogP contribution in [0.2, 0.25) is 0 Å². The Morgan fingerprint density at radius 3 is 2.42 bits per heavy atom. The van der Waals surface area contributed by atoms with E-state index in [0.717, 1.165) is 40.4 Å². The zero-order valence-corrected chi connectivity index (χ0v) is 20.9. The lowest BCUT2D eigenvalue weighted by molar-refractivity contribution is 0.388. The van der Waals surface area contributed by atoms with Crippen molar-refractivity contribution in [2.75, 3.05) is 0 Å². The molecule has 0 fully saturated rings. The smallest absolute Gasteiger partial charge is 0.439 e. The summed E-state index contributed by atoms with van der Waals surface area (Å²) in [7, 11) is 0. The molecule has 2 aromatic heterocycles. The first-order valence-corrected chi connectivity index (χ1v) is 12.2. The van der Waals surface area contributed by atoms with Crippen molar-refractivity contribution in [3.8, 4) is 34.0 Å². The van der Waals surface area contributed by atoms with Crippen LogP contribution in [0.3, 0.4) is 0 Å². The number of aromatic nitrogens is 4. The summed E-state index contributed by atoms with van der Waals surface area (Å²) in [5.41, 5.74) is 4.69. The molecule has 0 saturated heterocycles. The predicted octanol–water partition coefficient (Wildman–Crippen LogP) is 4.94. The molecule has 0 unspecified atom stereocenters. The molecule has 0 spiro atoms. The van der Waals surface area contributed by atoms with E-state index < -0.39 is 17.3 Å². The van der Waals surface area contributed by atoms with Gasteiger partial charge in [-0.2, -0.15) is 0 Å². The third-order valence-corrected chi connectivity index (χ3v) is 6.37. The Kier molecular flexibility index (Phi) is 6.74. The van der Waals surface area contributed by atoms with Crippen LogP contribution in [-0.4, -0.2) is 24.8 Å². The quantitative estimate of drug-likeness (QED) is 0.319. The Morgan fingerprint density at radius 2 is 1.76 bits per heavy atom. The predicted molar refractivity (Wildman–Crippen MR) is 141 cm³/mol. The maximum atomic E-state index is 14.1. The Bertz CT molecular complexity index is 1740. The molecule has 0 atom stereocenters. The molecular formula is C29H25FN4O4. The number of hydrogen-bond acceptors (Lipinski definition) is 6. The van der Waals surface area contributed by atoms with E-state index in [0.29, 0.717) is 35.7 Å². The van der Waals surface area contributed by atoms with E-state index in [1.54, 1.807) is 6.92 Å². The van der Waals surface area contributed by atoms with E-state index in [-0.39, 0.29) is 5.56 Å². The van der Waals surface area contributed by atoms with Gasteiger partial charge in [0.1, 0.15) is 5.82 Å². The van der Waals surface area contributed by atoms with E-state index in [2.05, 4.69) is 14.7 Å². The van der Waals surface area contributed by atoms with Crippen LogP contribution in [0, 0.1) is 12.7 Å². The van der Waals surface area contributed by atoms with E-state index >= 15 is 0 Å². The molecule has 2 N–H and O–H groups in total. The van der Waals surface area contributed by atoms with Crippen LogP contribution in [0.5, 0.6) is 5.75 Å². The van der Waals surface area contributed by atoms with Gasteiger partial charge in [0.05, 0.1) is 11.4 Å². The second kappa shape index (κ2) is 10.3. The summed E-state index contributed by atoms with van der Waals surface area (Å²) >= 11 is 0. The largest absolute Gasteiger partial charge is 0.505 e. The number of hydrogen-bond donors (Lipinski definition) is 2. The van der Waals surface area contributed by atoms with Crippen molar-refractivity contribution in [3.05, 3.63) is 116 Å². The van der Waals surface area contributed by atoms with E-state index in [1.165, 1.54) is 16.7 Å². The van der Waals surface area contributed by atoms with Gasteiger partial charge < -0.3 is 5.11 Å². The van der Waals surface area contributed by atoms with Crippen LogP contribution in [0.4, 0.5) is 4.39 Å². The first-order valence-electron chi connectivity index (χ1n) is 12.2. The molecule has 0 saturated carbocycles. The van der Waals surface area contributed by atoms with Crippen LogP contribution in [-0.2, 0) is 12.8 Å². The van der Waals surface area contributed by atoms with Gasteiger partial charge in [-0.15, -0.1) is 0 Å². The number of nitrogens with zero attached hydrogens (tertiary/aromatic N) is 3. The standard InChI is InChI=1S/C29H25FN4O4/c1-3-6-25-23(28(36)34(17(2)31-25)20-13-14-26(35)24(30)16-20)15-18-9-11-19(12-10-18)21-7-4-5-8-22(21)27-32-29(37)38-33-27/h4-5,7-14,16,35H,3,6,15H2,1-2H3,(H,32,33,37). The van der Waals surface area contributed by atoms with Gasteiger partial charge in [-0.3, -0.25) is 18.9 Å². The lowest BCUT2D eigenvalue weighted by Gasteiger charge is -2.16. The van der Waals surface area contributed by atoms with Crippen molar-refractivity contribution < 1.29 is 14.0 Å². The normalized spacial score (nSPS) is 11.1. The van der Waals surface area contributed by atoms with Crippen molar-refractivity contribution in [2.45, 2.75) is 33.1 Å². The fourth-order valence-corrected chi connectivity index (χ4v) is 4.57. The minimum atomic E-state index is -0.807. The van der Waals surface area contributed by atoms with Crippen LogP contribution in [0.25, 0.3) is 28.2 Å². The first kappa shape index (κ1) is 24.9. The zero-order valence-electron chi connectivity index (χ0n) is 20.9. The minimum absolute atomic E-state index is 0.268. The molecule has 0 aliphatic rings. The maximum Gasteiger partial charge on any atom is 0.439 e. The second-order valence-corrected chi connectivity index (χ2v) is 8.97. The third-order valence-electron chi connectivity index (χ3n) is 6.37. The lowest BCUT2D eigenvalue weighted by atomic mass is 9.96. The number of phenolic OH excluding ortho intramolecular Hbond substituents is 1. The number of aryl methyl sites for hydroxylation is 2. The van der Waals surface area contributed by atoms with Gasteiger partial charge in [-0.25, -0.2) is 14.2 Å². The van der Waals surface area contributed by atoms with Gasteiger partial charge in [0, 0.05) is 23.6 Å². The Hall–Kier alpha value is -4.79. The van der Waals surface area contributed by atoms with E-state index in [1.807, 2.05) is 55.5 Å². The molecule has 2 heterocycles. The molecular weight excluding hydrogens is 487 g/mol. The molecule has 0 amide bonds. The zero-order chi connectivity index (χ0) is 26.8. The highest BCUT2D eigenvalue weighted by molar-refractivity contribution is 5.80. The van der Waals surface area contributed by atoms with Gasteiger partial charge in [-0.05, 0) is 42.2 Å². The molecule has 0 radical (unpaired) electrons. The van der Waals surface area contributed by atoms with Crippen LogP contribution in [0.1, 0.15) is 36.0 Å². The molecule has 3 aromatic carbocycles. The SMILES string of the molecule is CCCc1nc(C)n(-c2ccc(O)c(F)c2)c(=O)c1Cc1ccc(-c2ccccc2-c2noc(=O)[nH]2)cc1. The number of phenols is 1. The number of nitrogens with one attached hydrogen (secondary N) is 1. The Balaban J connectivity index is 1.52. The van der Waals surface area contributed by atoms with Crippen molar-refractivity contribution in [1.82, 2.24) is 19.7 Å². The van der Waals surface area contributed by atoms with Gasteiger partial charge in [0.25, 0.3) is 5.56 Å². The Labute approximate surface area is 217 Å². The first-order chi connectivity index (χ1) is 18.4. The van der Waals surface area contributed by atoms with Crippen molar-refractivity contribution >= 4 is 0 Å². The summed E-state index contributed by atoms with van der Waals surface area (Å²) in [6.07, 6.45) is 1.80. The number of H-pyrrole nitrogens is 1. The maximum absolute atomic E-state index is 14.1. The van der Waals surface area contributed by atoms with Crippen molar-refractivity contribution in [1.29, 1.82) is 0 Å². The lowest BCUT2D eigenvalue weighted by Crippen LogP contribution is -2.28. The summed E-state index contributed by atoms with van der Waals surface area (Å²) in [6, 6.07) is 19.1. The van der Waals surface area contributed by atoms with Gasteiger partial charge in [0.15, 0.2) is 17.4 Å². The molecule has 5 rings (SSSR count). The molecule has 5 aromatic rings. The van der Waals surface area contributed by atoms with Crippen LogP contribution in [0.15, 0.2) is 80.8 Å². The highest BCUT2D eigenvalue weighted by Gasteiger charge is 2.18.